The van der Waals surface area contributed by atoms with E-state index in [2.05, 4.69) is 6.92 Å². The molecule has 1 aromatic heterocycles. The van der Waals surface area contributed by atoms with Crippen molar-refractivity contribution in [1.82, 2.24) is 0 Å². The molecule has 0 amide bonds. The topological polar surface area (TPSA) is 68.9 Å². The third-order valence-corrected chi connectivity index (χ3v) is 5.05. The SMILES string of the molecule is CCCC1=C(OCCCCCOc2coc(CO)cc2=O)CC=CC(Cl)=C1Cl. The zero-order valence-corrected chi connectivity index (χ0v) is 17.5. The first kappa shape index (κ1) is 22.6. The molecule has 2 rings (SSSR count). The zero-order valence-electron chi connectivity index (χ0n) is 16.0. The molecule has 1 aliphatic rings. The van der Waals surface area contributed by atoms with E-state index in [-0.39, 0.29) is 23.5 Å². The Morgan fingerprint density at radius 2 is 1.93 bits per heavy atom. The number of unbranched alkanes of at least 4 members (excludes halogenated alkanes) is 2. The lowest BCUT2D eigenvalue weighted by Gasteiger charge is -2.14. The fraction of sp³-hybridized carbons (Fsp3) is 0.476. The first-order chi connectivity index (χ1) is 13.6. The minimum absolute atomic E-state index is 0.159. The fourth-order valence-corrected chi connectivity index (χ4v) is 3.23. The number of aliphatic hydroxyl groups is 1. The summed E-state index contributed by atoms with van der Waals surface area (Å²) in [6.07, 6.45) is 10.1. The number of hydrogen-bond donors (Lipinski definition) is 1. The molecule has 0 saturated carbocycles. The first-order valence-corrected chi connectivity index (χ1v) is 10.2. The molecule has 0 radical (unpaired) electrons. The first-order valence-electron chi connectivity index (χ1n) is 9.49. The van der Waals surface area contributed by atoms with Gasteiger partial charge in [0, 0.05) is 18.1 Å². The smallest absolute Gasteiger partial charge is 0.227 e. The van der Waals surface area contributed by atoms with Crippen LogP contribution in [0.4, 0.5) is 0 Å². The molecule has 1 N–H and O–H groups in total. The molecule has 0 spiro atoms. The van der Waals surface area contributed by atoms with Crippen LogP contribution in [0.5, 0.6) is 5.75 Å². The third-order valence-electron chi connectivity index (χ3n) is 4.21. The van der Waals surface area contributed by atoms with Crippen molar-refractivity contribution in [3.8, 4) is 5.75 Å². The normalized spacial score (nSPS) is 14.4. The van der Waals surface area contributed by atoms with Crippen LogP contribution >= 0.6 is 23.2 Å². The van der Waals surface area contributed by atoms with Gasteiger partial charge in [0.05, 0.1) is 23.3 Å². The average molecular weight is 429 g/mol. The third kappa shape index (κ3) is 6.73. The van der Waals surface area contributed by atoms with E-state index >= 15 is 0 Å². The van der Waals surface area contributed by atoms with Crippen LogP contribution in [0.3, 0.4) is 0 Å². The van der Waals surface area contributed by atoms with Crippen LogP contribution in [0, 0.1) is 0 Å². The number of hydrogen-bond acceptors (Lipinski definition) is 5. The fourth-order valence-electron chi connectivity index (χ4n) is 2.76. The van der Waals surface area contributed by atoms with E-state index in [4.69, 9.17) is 42.2 Å². The molecule has 28 heavy (non-hydrogen) atoms. The quantitative estimate of drug-likeness (QED) is 0.477. The number of rotatable bonds is 11. The highest BCUT2D eigenvalue weighted by Gasteiger charge is 2.15. The predicted molar refractivity (Wildman–Crippen MR) is 111 cm³/mol. The molecular formula is C21H26Cl2O5. The van der Waals surface area contributed by atoms with Gasteiger partial charge in [-0.3, -0.25) is 4.79 Å². The van der Waals surface area contributed by atoms with Crippen LogP contribution in [0.15, 0.2) is 55.1 Å². The molecule has 0 fully saturated rings. The van der Waals surface area contributed by atoms with Crippen LogP contribution in [0.1, 0.15) is 51.2 Å². The Bertz CT molecular complexity index is 792. The van der Waals surface area contributed by atoms with Crippen LogP contribution < -0.4 is 10.2 Å². The number of aliphatic hydroxyl groups excluding tert-OH is 1. The highest BCUT2D eigenvalue weighted by molar-refractivity contribution is 6.41. The molecular weight excluding hydrogens is 403 g/mol. The lowest BCUT2D eigenvalue weighted by molar-refractivity contribution is 0.193. The zero-order chi connectivity index (χ0) is 20.4. The van der Waals surface area contributed by atoms with Gasteiger partial charge in [-0.05, 0) is 31.8 Å². The van der Waals surface area contributed by atoms with Crippen molar-refractivity contribution in [2.45, 2.75) is 52.1 Å². The summed E-state index contributed by atoms with van der Waals surface area (Å²) in [6.45, 7) is 2.79. The molecule has 1 heterocycles. The average Bonchev–Trinajstić information content (AvgIpc) is 2.82. The Balaban J connectivity index is 1.73. The Hall–Kier alpha value is -1.69. The number of ether oxygens (including phenoxy) is 2. The second kappa shape index (κ2) is 12.0. The van der Waals surface area contributed by atoms with Crippen LogP contribution in [-0.4, -0.2) is 18.3 Å². The molecule has 7 heteroatoms. The standard InChI is InChI=1S/C21H26Cl2O5/c1-2-7-16-19(9-6-8-17(22)21(16)23)26-10-4-3-5-11-27-20-14-28-15(13-24)12-18(20)25/h6,8,12,14,24H,2-5,7,9-11,13H2,1H3. The second-order valence-electron chi connectivity index (χ2n) is 6.41. The molecule has 0 unspecified atom stereocenters. The van der Waals surface area contributed by atoms with Gasteiger partial charge in [-0.15, -0.1) is 0 Å². The molecule has 5 nitrogen and oxygen atoms in total. The van der Waals surface area contributed by atoms with Crippen molar-refractivity contribution in [1.29, 1.82) is 0 Å². The van der Waals surface area contributed by atoms with E-state index in [1.165, 1.54) is 12.3 Å². The van der Waals surface area contributed by atoms with E-state index in [0.717, 1.165) is 43.4 Å². The van der Waals surface area contributed by atoms with Gasteiger partial charge in [-0.25, -0.2) is 0 Å². The maximum atomic E-state index is 11.8. The lowest BCUT2D eigenvalue weighted by atomic mass is 10.1. The summed E-state index contributed by atoms with van der Waals surface area (Å²) in [5.74, 6) is 1.26. The summed E-state index contributed by atoms with van der Waals surface area (Å²) < 4.78 is 16.5. The molecule has 0 aliphatic heterocycles. The lowest BCUT2D eigenvalue weighted by Crippen LogP contribution is -2.09. The Labute approximate surface area is 175 Å². The molecule has 0 atom stereocenters. The maximum absolute atomic E-state index is 11.8. The summed E-state index contributed by atoms with van der Waals surface area (Å²) in [5.41, 5.74) is 0.694. The van der Waals surface area contributed by atoms with Crippen molar-refractivity contribution >= 4 is 23.2 Å². The highest BCUT2D eigenvalue weighted by atomic mass is 35.5. The number of halogens is 2. The minimum Gasteiger partial charge on any atom is -0.497 e. The Kier molecular flexibility index (Phi) is 9.68. The molecule has 0 bridgehead atoms. The largest absolute Gasteiger partial charge is 0.497 e. The van der Waals surface area contributed by atoms with Crippen molar-refractivity contribution in [2.75, 3.05) is 13.2 Å². The Morgan fingerprint density at radius 1 is 1.18 bits per heavy atom. The van der Waals surface area contributed by atoms with E-state index in [1.807, 2.05) is 12.2 Å². The van der Waals surface area contributed by atoms with E-state index in [9.17, 15) is 4.79 Å². The van der Waals surface area contributed by atoms with Gasteiger partial charge in [0.1, 0.15) is 24.4 Å². The number of allylic oxidation sites excluding steroid dienone is 5. The van der Waals surface area contributed by atoms with Gasteiger partial charge < -0.3 is 19.0 Å². The highest BCUT2D eigenvalue weighted by Crippen LogP contribution is 2.33. The monoisotopic (exact) mass is 428 g/mol. The van der Waals surface area contributed by atoms with Gasteiger partial charge >= 0.3 is 0 Å². The summed E-state index contributed by atoms with van der Waals surface area (Å²) in [5, 5.41) is 10.1. The summed E-state index contributed by atoms with van der Waals surface area (Å²) in [7, 11) is 0. The molecule has 1 aliphatic carbocycles. The van der Waals surface area contributed by atoms with Gasteiger partial charge in [-0.2, -0.15) is 0 Å². The van der Waals surface area contributed by atoms with Crippen molar-refractivity contribution in [3.05, 3.63) is 61.9 Å². The van der Waals surface area contributed by atoms with Gasteiger partial charge in [-0.1, -0.05) is 42.6 Å². The van der Waals surface area contributed by atoms with Crippen LogP contribution in [-0.2, 0) is 11.3 Å². The summed E-state index contributed by atoms with van der Waals surface area (Å²) in [4.78, 5) is 11.8. The maximum Gasteiger partial charge on any atom is 0.227 e. The van der Waals surface area contributed by atoms with Crippen LogP contribution in [0.25, 0.3) is 0 Å². The van der Waals surface area contributed by atoms with Crippen molar-refractivity contribution in [2.24, 2.45) is 0 Å². The van der Waals surface area contributed by atoms with Gasteiger partial charge in [0.2, 0.25) is 11.2 Å². The molecule has 154 valence electrons. The molecule has 1 aromatic rings. The molecule has 0 saturated heterocycles. The van der Waals surface area contributed by atoms with Gasteiger partial charge in [0.25, 0.3) is 0 Å². The summed E-state index contributed by atoms with van der Waals surface area (Å²) >= 11 is 12.6. The van der Waals surface area contributed by atoms with E-state index in [1.54, 1.807) is 0 Å². The second-order valence-corrected chi connectivity index (χ2v) is 7.20. The van der Waals surface area contributed by atoms with Gasteiger partial charge in [0.15, 0.2) is 0 Å². The van der Waals surface area contributed by atoms with Crippen molar-refractivity contribution < 1.29 is 19.0 Å². The Morgan fingerprint density at radius 3 is 2.61 bits per heavy atom. The van der Waals surface area contributed by atoms with E-state index in [0.29, 0.717) is 29.7 Å². The summed E-state index contributed by atoms with van der Waals surface area (Å²) in [6, 6.07) is 1.23. The van der Waals surface area contributed by atoms with Crippen molar-refractivity contribution in [3.63, 3.8) is 0 Å². The van der Waals surface area contributed by atoms with Crippen LogP contribution in [0.2, 0.25) is 0 Å². The predicted octanol–water partition coefficient (Wildman–Crippen LogP) is 5.40. The molecule has 0 aromatic carbocycles. The minimum atomic E-state index is -0.311. The van der Waals surface area contributed by atoms with E-state index < -0.39 is 0 Å².